The van der Waals surface area contributed by atoms with Gasteiger partial charge < -0.3 is 21.1 Å². The van der Waals surface area contributed by atoms with Crippen molar-refractivity contribution in [2.45, 2.75) is 76.1 Å². The molecule has 28 heavy (non-hydrogen) atoms. The second-order valence-corrected chi connectivity index (χ2v) is 8.02. The number of rotatable bonds is 12. The molecule has 1 aliphatic carbocycles. The van der Waals surface area contributed by atoms with Crippen molar-refractivity contribution in [1.29, 1.82) is 0 Å². The van der Waals surface area contributed by atoms with Gasteiger partial charge in [-0.05, 0) is 68.8 Å². The topological polar surface area (TPSA) is 104 Å². The minimum atomic E-state index is -0.510. The van der Waals surface area contributed by atoms with E-state index >= 15 is 0 Å². The van der Waals surface area contributed by atoms with Crippen molar-refractivity contribution in [2.75, 3.05) is 0 Å². The summed E-state index contributed by atoms with van der Waals surface area (Å²) >= 11 is 0. The Balaban J connectivity index is 1.74. The number of benzene rings is 1. The number of aliphatic hydroxyl groups excluding tert-OH is 3. The van der Waals surface area contributed by atoms with Gasteiger partial charge in [0, 0.05) is 6.42 Å². The molecule has 0 saturated heterocycles. The Bertz CT molecular complexity index is 604. The molecule has 5 heteroatoms. The fourth-order valence-corrected chi connectivity index (χ4v) is 4.18. The van der Waals surface area contributed by atoms with E-state index in [0.29, 0.717) is 38.5 Å². The van der Waals surface area contributed by atoms with Gasteiger partial charge in [-0.1, -0.05) is 42.5 Å². The zero-order valence-electron chi connectivity index (χ0n) is 16.6. The van der Waals surface area contributed by atoms with E-state index in [2.05, 4.69) is 12.1 Å². The third-order valence-electron chi connectivity index (χ3n) is 5.83. The van der Waals surface area contributed by atoms with Gasteiger partial charge in [-0.15, -0.1) is 0 Å². The summed E-state index contributed by atoms with van der Waals surface area (Å²) in [5.41, 5.74) is 6.35. The molecule has 0 spiro atoms. The van der Waals surface area contributed by atoms with Gasteiger partial charge in [0.1, 0.15) is 0 Å². The molecule has 2 rings (SSSR count). The molecule has 0 unspecified atom stereocenters. The average molecular weight is 390 g/mol. The summed E-state index contributed by atoms with van der Waals surface area (Å²) in [5, 5.41) is 31.0. The van der Waals surface area contributed by atoms with Gasteiger partial charge in [0.25, 0.3) is 0 Å². The number of hydrogen-bond acceptors (Lipinski definition) is 4. The van der Waals surface area contributed by atoms with Crippen LogP contribution in [0.25, 0.3) is 0 Å². The first-order valence-corrected chi connectivity index (χ1v) is 10.5. The average Bonchev–Trinajstić information content (AvgIpc) is 2.94. The second-order valence-electron chi connectivity index (χ2n) is 8.02. The third kappa shape index (κ3) is 7.74. The molecule has 1 aromatic rings. The lowest BCUT2D eigenvalue weighted by Crippen LogP contribution is -2.23. The van der Waals surface area contributed by atoms with E-state index in [9.17, 15) is 20.1 Å². The van der Waals surface area contributed by atoms with Crippen LogP contribution in [-0.2, 0) is 11.2 Å². The fourth-order valence-electron chi connectivity index (χ4n) is 4.18. The van der Waals surface area contributed by atoms with E-state index in [1.54, 1.807) is 0 Å². The van der Waals surface area contributed by atoms with Gasteiger partial charge in [-0.2, -0.15) is 0 Å². The predicted molar refractivity (Wildman–Crippen MR) is 110 cm³/mol. The number of nitrogens with two attached hydrogens (primary N) is 1. The normalized spacial score (nSPS) is 26.0. The molecule has 1 fully saturated rings. The molecule has 5 N–H and O–H groups in total. The summed E-state index contributed by atoms with van der Waals surface area (Å²) in [5.74, 6) is -0.256. The van der Waals surface area contributed by atoms with E-state index in [1.165, 1.54) is 5.56 Å². The van der Waals surface area contributed by atoms with Crippen LogP contribution in [0.3, 0.4) is 0 Å². The first-order valence-electron chi connectivity index (χ1n) is 10.5. The van der Waals surface area contributed by atoms with E-state index < -0.39 is 18.3 Å². The molecule has 1 saturated carbocycles. The minimum Gasteiger partial charge on any atom is -0.393 e. The number of unbranched alkanes of at least 4 members (excludes halogenated alkanes) is 1. The molecule has 156 valence electrons. The number of primary amides is 1. The summed E-state index contributed by atoms with van der Waals surface area (Å²) in [4.78, 5) is 10.7. The molecule has 0 aliphatic heterocycles. The van der Waals surface area contributed by atoms with Gasteiger partial charge in [0.2, 0.25) is 5.91 Å². The van der Waals surface area contributed by atoms with Crippen molar-refractivity contribution < 1.29 is 20.1 Å². The van der Waals surface area contributed by atoms with E-state index in [-0.39, 0.29) is 17.7 Å². The van der Waals surface area contributed by atoms with Crippen molar-refractivity contribution in [1.82, 2.24) is 0 Å². The van der Waals surface area contributed by atoms with Crippen LogP contribution in [0.1, 0.15) is 56.9 Å². The number of aryl methyl sites for hydroxylation is 1. The SMILES string of the molecule is NC(=O)CCCC=CC[C@@H]1[C@@H](CC[C@@H](O)CCc2ccccc2)[C@H](O)C[C@@H]1O. The number of amides is 1. The first-order chi connectivity index (χ1) is 13.5. The van der Waals surface area contributed by atoms with Crippen LogP contribution in [0.5, 0.6) is 0 Å². The van der Waals surface area contributed by atoms with E-state index in [4.69, 9.17) is 5.73 Å². The molecule has 0 bridgehead atoms. The Kier molecular flexibility index (Phi) is 9.68. The van der Waals surface area contributed by atoms with Gasteiger partial charge >= 0.3 is 0 Å². The number of allylic oxidation sites excluding steroid dienone is 2. The first kappa shape index (κ1) is 22.6. The Labute approximate surface area is 168 Å². The smallest absolute Gasteiger partial charge is 0.217 e. The molecule has 1 amide bonds. The molecule has 1 aromatic carbocycles. The molecule has 1 aliphatic rings. The van der Waals surface area contributed by atoms with Crippen LogP contribution in [0.4, 0.5) is 0 Å². The van der Waals surface area contributed by atoms with Crippen molar-refractivity contribution >= 4 is 5.91 Å². The maximum atomic E-state index is 10.7. The van der Waals surface area contributed by atoms with Gasteiger partial charge in [0.15, 0.2) is 0 Å². The highest BCUT2D eigenvalue weighted by Gasteiger charge is 2.40. The molecule has 0 radical (unpaired) electrons. The zero-order chi connectivity index (χ0) is 20.4. The molecule has 0 heterocycles. The molecule has 0 aromatic heterocycles. The lowest BCUT2D eigenvalue weighted by Gasteiger charge is -2.23. The summed E-state index contributed by atoms with van der Waals surface area (Å²) in [7, 11) is 0. The van der Waals surface area contributed by atoms with Crippen molar-refractivity contribution in [3.8, 4) is 0 Å². The maximum Gasteiger partial charge on any atom is 0.217 e. The Morgan fingerprint density at radius 3 is 2.54 bits per heavy atom. The zero-order valence-corrected chi connectivity index (χ0v) is 16.6. The summed E-state index contributed by atoms with van der Waals surface area (Å²) in [6, 6.07) is 10.1. The van der Waals surface area contributed by atoms with Crippen molar-refractivity contribution in [3.05, 3.63) is 48.0 Å². The monoisotopic (exact) mass is 389 g/mol. The van der Waals surface area contributed by atoms with E-state index in [0.717, 1.165) is 19.3 Å². The summed E-state index contributed by atoms with van der Waals surface area (Å²) in [6.45, 7) is 0. The van der Waals surface area contributed by atoms with Crippen LogP contribution in [0.15, 0.2) is 42.5 Å². The van der Waals surface area contributed by atoms with Gasteiger partial charge in [-0.3, -0.25) is 4.79 Å². The molecule has 5 nitrogen and oxygen atoms in total. The highest BCUT2D eigenvalue weighted by Crippen LogP contribution is 2.38. The van der Waals surface area contributed by atoms with Crippen LogP contribution in [-0.4, -0.2) is 39.5 Å². The van der Waals surface area contributed by atoms with Crippen LogP contribution >= 0.6 is 0 Å². The van der Waals surface area contributed by atoms with E-state index in [1.807, 2.05) is 30.4 Å². The lowest BCUT2D eigenvalue weighted by molar-refractivity contribution is -0.118. The van der Waals surface area contributed by atoms with Crippen LogP contribution in [0, 0.1) is 11.8 Å². The highest BCUT2D eigenvalue weighted by molar-refractivity contribution is 5.73. The largest absolute Gasteiger partial charge is 0.393 e. The quantitative estimate of drug-likeness (QED) is 0.326. The minimum absolute atomic E-state index is 0.0108. The van der Waals surface area contributed by atoms with Crippen LogP contribution in [0.2, 0.25) is 0 Å². The summed E-state index contributed by atoms with van der Waals surface area (Å²) in [6.07, 6.45) is 8.58. The third-order valence-corrected chi connectivity index (χ3v) is 5.83. The van der Waals surface area contributed by atoms with Crippen molar-refractivity contribution in [2.24, 2.45) is 17.6 Å². The fraction of sp³-hybridized carbons (Fsp3) is 0.609. The molecule has 5 atom stereocenters. The maximum absolute atomic E-state index is 10.7. The number of carbonyl (C=O) groups excluding carboxylic acids is 1. The Morgan fingerprint density at radius 1 is 1.11 bits per heavy atom. The molecular formula is C23H35NO4. The van der Waals surface area contributed by atoms with Crippen LogP contribution < -0.4 is 5.73 Å². The Morgan fingerprint density at radius 2 is 1.82 bits per heavy atom. The predicted octanol–water partition coefficient (Wildman–Crippen LogP) is 2.72. The van der Waals surface area contributed by atoms with Gasteiger partial charge in [-0.25, -0.2) is 0 Å². The molecular weight excluding hydrogens is 354 g/mol. The second kappa shape index (κ2) is 12.0. The van der Waals surface area contributed by atoms with Gasteiger partial charge in [0.05, 0.1) is 18.3 Å². The van der Waals surface area contributed by atoms with Crippen molar-refractivity contribution in [3.63, 3.8) is 0 Å². The number of carbonyl (C=O) groups is 1. The highest BCUT2D eigenvalue weighted by atomic mass is 16.3. The number of aliphatic hydroxyl groups is 3. The Hall–Kier alpha value is -1.69. The standard InChI is InChI=1S/C23H35NO4/c24-23(28)11-7-2-1-6-10-19-20(22(27)16-21(19)26)15-14-18(25)13-12-17-8-4-3-5-9-17/h1,3-6,8-9,18-22,25-27H,2,7,10-16H2,(H2,24,28)/t18-,19+,20+,21-,22+/m0/s1. The summed E-state index contributed by atoms with van der Waals surface area (Å²) < 4.78 is 0. The number of hydrogen-bond donors (Lipinski definition) is 4. The lowest BCUT2D eigenvalue weighted by atomic mass is 9.85.